The zero-order valence-corrected chi connectivity index (χ0v) is 17.0. The Hall–Kier alpha value is -3.97. The van der Waals surface area contributed by atoms with Gasteiger partial charge in [0.2, 0.25) is 0 Å². The number of benzene rings is 3. The molecule has 0 aliphatic carbocycles. The monoisotopic (exact) mass is 428 g/mol. The van der Waals surface area contributed by atoms with E-state index in [1.807, 2.05) is 36.4 Å². The Labute approximate surface area is 180 Å². The van der Waals surface area contributed by atoms with Crippen molar-refractivity contribution in [3.05, 3.63) is 100 Å². The Kier molecular flexibility index (Phi) is 4.72. The first kappa shape index (κ1) is 19.0. The molecule has 31 heavy (non-hydrogen) atoms. The number of para-hydroxylation sites is 1. The van der Waals surface area contributed by atoms with Crippen molar-refractivity contribution in [3.8, 4) is 16.9 Å². The van der Waals surface area contributed by atoms with Crippen LogP contribution in [0.4, 0.5) is 0 Å². The summed E-state index contributed by atoms with van der Waals surface area (Å²) in [5.41, 5.74) is 3.28. The SMILES string of the molecule is O=C(OCc1cc(=O)n2c(n1)sc1ccccc12)c1ccc(-c2ccc(O)cc2)cc1. The van der Waals surface area contributed by atoms with Crippen LogP contribution in [0.2, 0.25) is 0 Å². The van der Waals surface area contributed by atoms with Crippen molar-refractivity contribution in [3.63, 3.8) is 0 Å². The largest absolute Gasteiger partial charge is 0.508 e. The molecule has 0 bridgehead atoms. The van der Waals surface area contributed by atoms with Crippen LogP contribution in [-0.4, -0.2) is 20.5 Å². The van der Waals surface area contributed by atoms with Crippen LogP contribution in [0, 0.1) is 0 Å². The van der Waals surface area contributed by atoms with Crippen molar-refractivity contribution >= 4 is 32.5 Å². The van der Waals surface area contributed by atoms with Crippen LogP contribution in [0.1, 0.15) is 16.1 Å². The van der Waals surface area contributed by atoms with Gasteiger partial charge in [0.1, 0.15) is 12.4 Å². The summed E-state index contributed by atoms with van der Waals surface area (Å²) in [6.45, 7) is -0.0848. The third kappa shape index (κ3) is 3.67. The van der Waals surface area contributed by atoms with Crippen LogP contribution in [0.15, 0.2) is 83.7 Å². The Bertz CT molecular complexity index is 1470. The zero-order chi connectivity index (χ0) is 21.4. The first-order valence-electron chi connectivity index (χ1n) is 9.55. The Morgan fingerprint density at radius 3 is 2.39 bits per heavy atom. The molecule has 0 radical (unpaired) electrons. The molecule has 6 nitrogen and oxygen atoms in total. The van der Waals surface area contributed by atoms with Gasteiger partial charge in [-0.2, -0.15) is 0 Å². The van der Waals surface area contributed by atoms with Crippen LogP contribution in [-0.2, 0) is 11.3 Å². The number of fused-ring (bicyclic) bond motifs is 3. The minimum absolute atomic E-state index is 0.0848. The van der Waals surface area contributed by atoms with E-state index in [-0.39, 0.29) is 17.9 Å². The van der Waals surface area contributed by atoms with Gasteiger partial charge in [0.15, 0.2) is 4.96 Å². The highest BCUT2D eigenvalue weighted by Gasteiger charge is 2.12. The van der Waals surface area contributed by atoms with E-state index in [0.717, 1.165) is 21.3 Å². The van der Waals surface area contributed by atoms with Crippen LogP contribution in [0.3, 0.4) is 0 Å². The zero-order valence-electron chi connectivity index (χ0n) is 16.2. The van der Waals surface area contributed by atoms with E-state index in [2.05, 4.69) is 4.98 Å². The Morgan fingerprint density at radius 2 is 1.65 bits per heavy atom. The van der Waals surface area contributed by atoms with Gasteiger partial charge in [0.25, 0.3) is 5.56 Å². The molecular formula is C24H16N2O4S. The van der Waals surface area contributed by atoms with E-state index >= 15 is 0 Å². The highest BCUT2D eigenvalue weighted by atomic mass is 32.1. The fraction of sp³-hybridized carbons (Fsp3) is 0.0417. The smallest absolute Gasteiger partial charge is 0.338 e. The molecule has 0 atom stereocenters. The highest BCUT2D eigenvalue weighted by Crippen LogP contribution is 2.24. The van der Waals surface area contributed by atoms with E-state index in [4.69, 9.17) is 4.74 Å². The summed E-state index contributed by atoms with van der Waals surface area (Å²) in [5.74, 6) is -0.290. The quantitative estimate of drug-likeness (QED) is 0.422. The molecule has 0 aliphatic rings. The number of aromatic nitrogens is 2. The van der Waals surface area contributed by atoms with Gasteiger partial charge >= 0.3 is 5.97 Å². The van der Waals surface area contributed by atoms with Gasteiger partial charge in [-0.25, -0.2) is 9.78 Å². The molecule has 7 heteroatoms. The average molecular weight is 428 g/mol. The number of aromatic hydroxyl groups is 1. The van der Waals surface area contributed by atoms with Crippen molar-refractivity contribution in [2.24, 2.45) is 0 Å². The van der Waals surface area contributed by atoms with Gasteiger partial charge < -0.3 is 9.84 Å². The number of esters is 1. The molecule has 5 rings (SSSR count). The normalized spacial score (nSPS) is 11.1. The summed E-state index contributed by atoms with van der Waals surface area (Å²) in [4.78, 5) is 30.0. The number of hydrogen-bond donors (Lipinski definition) is 1. The molecule has 2 heterocycles. The predicted molar refractivity (Wildman–Crippen MR) is 120 cm³/mol. The maximum absolute atomic E-state index is 12.6. The molecule has 3 aromatic carbocycles. The first-order chi connectivity index (χ1) is 15.1. The Morgan fingerprint density at radius 1 is 0.968 bits per heavy atom. The van der Waals surface area contributed by atoms with Crippen molar-refractivity contribution in [2.75, 3.05) is 0 Å². The van der Waals surface area contributed by atoms with Gasteiger partial charge in [-0.15, -0.1) is 0 Å². The number of nitrogens with zero attached hydrogens (tertiary/aromatic N) is 2. The highest BCUT2D eigenvalue weighted by molar-refractivity contribution is 7.23. The minimum Gasteiger partial charge on any atom is -0.508 e. The molecule has 0 saturated heterocycles. The van der Waals surface area contributed by atoms with E-state index in [9.17, 15) is 14.7 Å². The molecule has 0 aliphatic heterocycles. The molecule has 5 aromatic rings. The Balaban J connectivity index is 1.33. The van der Waals surface area contributed by atoms with Gasteiger partial charge in [-0.05, 0) is 47.5 Å². The van der Waals surface area contributed by atoms with Gasteiger partial charge in [0, 0.05) is 6.07 Å². The van der Waals surface area contributed by atoms with Gasteiger partial charge in [-0.3, -0.25) is 9.20 Å². The number of phenols is 1. The average Bonchev–Trinajstić information content (AvgIpc) is 3.17. The van der Waals surface area contributed by atoms with Crippen LogP contribution in [0.25, 0.3) is 26.3 Å². The molecule has 0 amide bonds. The minimum atomic E-state index is -0.490. The van der Waals surface area contributed by atoms with Crippen molar-refractivity contribution in [1.82, 2.24) is 9.38 Å². The number of hydrogen-bond acceptors (Lipinski definition) is 6. The number of ether oxygens (including phenoxy) is 1. The number of rotatable bonds is 4. The lowest BCUT2D eigenvalue weighted by Gasteiger charge is -2.06. The lowest BCUT2D eigenvalue weighted by molar-refractivity contribution is 0.0468. The fourth-order valence-electron chi connectivity index (χ4n) is 3.37. The predicted octanol–water partition coefficient (Wildman–Crippen LogP) is 4.64. The van der Waals surface area contributed by atoms with Crippen LogP contribution >= 0.6 is 11.3 Å². The second-order valence-electron chi connectivity index (χ2n) is 6.97. The first-order valence-corrected chi connectivity index (χ1v) is 10.4. The maximum Gasteiger partial charge on any atom is 0.338 e. The molecular weight excluding hydrogens is 412 g/mol. The van der Waals surface area contributed by atoms with E-state index in [1.54, 1.807) is 40.8 Å². The van der Waals surface area contributed by atoms with Crippen LogP contribution < -0.4 is 5.56 Å². The summed E-state index contributed by atoms with van der Waals surface area (Å²) in [6.07, 6.45) is 0. The van der Waals surface area contributed by atoms with E-state index in [1.165, 1.54) is 17.4 Å². The standard InChI is InChI=1S/C24H16N2O4S/c27-19-11-9-16(10-12-19)15-5-7-17(8-6-15)23(29)30-14-18-13-22(28)26-20-3-1-2-4-21(20)31-24(26)25-18/h1-13,27H,14H2. The molecule has 152 valence electrons. The lowest BCUT2D eigenvalue weighted by atomic mass is 10.0. The number of thiazole rings is 1. The molecule has 1 N–H and O–H groups in total. The van der Waals surface area contributed by atoms with Crippen molar-refractivity contribution in [1.29, 1.82) is 0 Å². The van der Waals surface area contributed by atoms with E-state index in [0.29, 0.717) is 16.2 Å². The van der Waals surface area contributed by atoms with Crippen LogP contribution in [0.5, 0.6) is 5.75 Å². The maximum atomic E-state index is 12.6. The van der Waals surface area contributed by atoms with Crippen molar-refractivity contribution < 1.29 is 14.6 Å². The van der Waals surface area contributed by atoms with Gasteiger partial charge in [-0.1, -0.05) is 47.7 Å². The third-order valence-corrected chi connectivity index (χ3v) is 5.94. The molecule has 0 spiro atoms. The summed E-state index contributed by atoms with van der Waals surface area (Å²) >= 11 is 1.42. The summed E-state index contributed by atoms with van der Waals surface area (Å²) in [5, 5.41) is 9.40. The molecule has 0 unspecified atom stereocenters. The topological polar surface area (TPSA) is 80.9 Å². The summed E-state index contributed by atoms with van der Waals surface area (Å²) in [6, 6.07) is 22.8. The third-order valence-electron chi connectivity index (χ3n) is 4.92. The van der Waals surface area contributed by atoms with Gasteiger partial charge in [0.05, 0.1) is 21.5 Å². The number of phenolic OH excluding ortho intramolecular Hbond substituents is 1. The van der Waals surface area contributed by atoms with Crippen molar-refractivity contribution in [2.45, 2.75) is 6.61 Å². The summed E-state index contributed by atoms with van der Waals surface area (Å²) < 4.78 is 7.91. The summed E-state index contributed by atoms with van der Waals surface area (Å²) in [7, 11) is 0. The second-order valence-corrected chi connectivity index (χ2v) is 7.98. The number of carbonyl (C=O) groups is 1. The fourth-order valence-corrected chi connectivity index (χ4v) is 4.42. The molecule has 0 saturated carbocycles. The lowest BCUT2D eigenvalue weighted by Crippen LogP contribution is -2.15. The number of carbonyl (C=O) groups excluding carboxylic acids is 1. The van der Waals surface area contributed by atoms with E-state index < -0.39 is 5.97 Å². The molecule has 2 aromatic heterocycles. The second kappa shape index (κ2) is 7.70. The molecule has 0 fully saturated rings.